The van der Waals surface area contributed by atoms with E-state index < -0.39 is 0 Å². The predicted octanol–water partition coefficient (Wildman–Crippen LogP) is 3.71. The summed E-state index contributed by atoms with van der Waals surface area (Å²) >= 11 is 0. The van der Waals surface area contributed by atoms with Gasteiger partial charge in [0.1, 0.15) is 5.82 Å². The molecule has 4 rings (SSSR count). The number of hydrogen-bond donors (Lipinski definition) is 2. The van der Waals surface area contributed by atoms with Gasteiger partial charge in [0, 0.05) is 35.7 Å². The molecule has 2 aromatic heterocycles. The molecule has 1 aliphatic rings. The van der Waals surface area contributed by atoms with Crippen molar-refractivity contribution < 1.29 is 5.11 Å². The van der Waals surface area contributed by atoms with Crippen molar-refractivity contribution in [3.05, 3.63) is 52.8 Å². The zero-order valence-corrected chi connectivity index (χ0v) is 15.5. The fourth-order valence-electron chi connectivity index (χ4n) is 4.13. The zero-order valence-electron chi connectivity index (χ0n) is 15.5. The molecule has 0 aliphatic carbocycles. The van der Waals surface area contributed by atoms with E-state index in [4.69, 9.17) is 4.98 Å². The first-order chi connectivity index (χ1) is 12.7. The molecule has 1 fully saturated rings. The molecule has 3 aromatic rings. The molecule has 5 heteroatoms. The number of para-hydroxylation sites is 1. The van der Waals surface area contributed by atoms with Crippen LogP contribution in [0.4, 0.5) is 5.82 Å². The van der Waals surface area contributed by atoms with E-state index in [1.807, 2.05) is 12.3 Å². The Morgan fingerprint density at radius 1 is 1.31 bits per heavy atom. The van der Waals surface area contributed by atoms with Gasteiger partial charge in [-0.15, -0.1) is 0 Å². The first-order valence-electron chi connectivity index (χ1n) is 9.48. The second-order valence-electron chi connectivity index (χ2n) is 7.22. The van der Waals surface area contributed by atoms with Crippen molar-refractivity contribution in [2.45, 2.75) is 45.6 Å². The molecule has 0 amide bonds. The first-order valence-corrected chi connectivity index (χ1v) is 9.48. The van der Waals surface area contributed by atoms with Gasteiger partial charge in [-0.1, -0.05) is 25.1 Å². The highest BCUT2D eigenvalue weighted by Crippen LogP contribution is 2.33. The summed E-state index contributed by atoms with van der Waals surface area (Å²) in [5.41, 5.74) is 5.67. The molecule has 2 N–H and O–H groups in total. The van der Waals surface area contributed by atoms with Gasteiger partial charge in [-0.05, 0) is 43.4 Å². The molecule has 1 aliphatic heterocycles. The second-order valence-corrected chi connectivity index (χ2v) is 7.22. The molecule has 1 saturated heterocycles. The molecule has 3 heterocycles. The summed E-state index contributed by atoms with van der Waals surface area (Å²) in [6, 6.07) is 8.29. The SMILES string of the molecule is CCc1cn[nH]c1[C@H]1CCCN(c2nc3c(C)cccc3cc2CO)C1. The predicted molar refractivity (Wildman–Crippen MR) is 105 cm³/mol. The Kier molecular flexibility index (Phi) is 4.64. The molecular weight excluding hydrogens is 324 g/mol. The van der Waals surface area contributed by atoms with Crippen LogP contribution in [0.15, 0.2) is 30.5 Å². The number of aliphatic hydroxyl groups is 1. The molecule has 0 radical (unpaired) electrons. The number of benzene rings is 1. The molecule has 0 bridgehead atoms. The van der Waals surface area contributed by atoms with Crippen molar-refractivity contribution in [2.75, 3.05) is 18.0 Å². The number of aliphatic hydroxyl groups excluding tert-OH is 1. The number of anilines is 1. The van der Waals surface area contributed by atoms with Crippen LogP contribution in [-0.2, 0) is 13.0 Å². The van der Waals surface area contributed by atoms with Crippen molar-refractivity contribution in [1.82, 2.24) is 15.2 Å². The van der Waals surface area contributed by atoms with Crippen molar-refractivity contribution in [1.29, 1.82) is 0 Å². The van der Waals surface area contributed by atoms with E-state index in [1.165, 1.54) is 16.8 Å². The van der Waals surface area contributed by atoms with Gasteiger partial charge in [0.2, 0.25) is 0 Å². The van der Waals surface area contributed by atoms with Crippen LogP contribution >= 0.6 is 0 Å². The van der Waals surface area contributed by atoms with Gasteiger partial charge in [-0.2, -0.15) is 5.10 Å². The van der Waals surface area contributed by atoms with Gasteiger partial charge in [0.05, 0.1) is 18.3 Å². The van der Waals surface area contributed by atoms with Gasteiger partial charge < -0.3 is 10.0 Å². The van der Waals surface area contributed by atoms with Crippen LogP contribution in [-0.4, -0.2) is 33.4 Å². The minimum Gasteiger partial charge on any atom is -0.392 e. The van der Waals surface area contributed by atoms with E-state index in [0.29, 0.717) is 5.92 Å². The highest BCUT2D eigenvalue weighted by atomic mass is 16.3. The van der Waals surface area contributed by atoms with Gasteiger partial charge >= 0.3 is 0 Å². The maximum atomic E-state index is 9.93. The lowest BCUT2D eigenvalue weighted by atomic mass is 9.91. The summed E-state index contributed by atoms with van der Waals surface area (Å²) < 4.78 is 0. The maximum absolute atomic E-state index is 9.93. The van der Waals surface area contributed by atoms with Crippen LogP contribution in [0, 0.1) is 6.92 Å². The fraction of sp³-hybridized carbons (Fsp3) is 0.429. The van der Waals surface area contributed by atoms with Crippen molar-refractivity contribution in [3.63, 3.8) is 0 Å². The van der Waals surface area contributed by atoms with Gasteiger partial charge in [-0.3, -0.25) is 5.10 Å². The summed E-state index contributed by atoms with van der Waals surface area (Å²) in [6.45, 7) is 6.16. The summed E-state index contributed by atoms with van der Waals surface area (Å²) in [6.07, 6.45) is 5.22. The Morgan fingerprint density at radius 3 is 3.00 bits per heavy atom. The molecule has 0 saturated carbocycles. The summed E-state index contributed by atoms with van der Waals surface area (Å²) in [7, 11) is 0. The largest absolute Gasteiger partial charge is 0.392 e. The second kappa shape index (κ2) is 7.08. The summed E-state index contributed by atoms with van der Waals surface area (Å²) in [5, 5.41) is 18.5. The third kappa shape index (κ3) is 2.97. The average Bonchev–Trinajstić information content (AvgIpc) is 3.16. The molecule has 136 valence electrons. The lowest BCUT2D eigenvalue weighted by Crippen LogP contribution is -2.36. The molecule has 1 atom stereocenters. The lowest BCUT2D eigenvalue weighted by Gasteiger charge is -2.34. The van der Waals surface area contributed by atoms with Crippen molar-refractivity contribution >= 4 is 16.7 Å². The van der Waals surface area contributed by atoms with E-state index in [0.717, 1.165) is 54.6 Å². The van der Waals surface area contributed by atoms with E-state index in [2.05, 4.69) is 47.1 Å². The normalized spacial score (nSPS) is 17.8. The fourth-order valence-corrected chi connectivity index (χ4v) is 4.13. The smallest absolute Gasteiger partial charge is 0.134 e. The summed E-state index contributed by atoms with van der Waals surface area (Å²) in [5.74, 6) is 1.36. The molecule has 1 aromatic carbocycles. The number of aromatic nitrogens is 3. The molecule has 0 spiro atoms. The summed E-state index contributed by atoms with van der Waals surface area (Å²) in [4.78, 5) is 7.31. The van der Waals surface area contributed by atoms with E-state index >= 15 is 0 Å². The number of aryl methyl sites for hydroxylation is 2. The number of rotatable bonds is 4. The van der Waals surface area contributed by atoms with Gasteiger partial charge in [-0.25, -0.2) is 4.98 Å². The first kappa shape index (κ1) is 17.0. The lowest BCUT2D eigenvalue weighted by molar-refractivity contribution is 0.281. The standard InChI is InChI=1S/C21H26N4O/c1-3-15-11-22-24-20(15)17-8-5-9-25(12-17)21-18(13-26)10-16-7-4-6-14(2)19(16)23-21/h4,6-7,10-11,17,26H,3,5,8-9,12-13H2,1-2H3,(H,22,24)/t17-/m0/s1. The van der Waals surface area contributed by atoms with E-state index in [-0.39, 0.29) is 6.61 Å². The van der Waals surface area contributed by atoms with Crippen LogP contribution in [0.5, 0.6) is 0 Å². The number of pyridine rings is 1. The Bertz CT molecular complexity index is 918. The average molecular weight is 350 g/mol. The van der Waals surface area contributed by atoms with Crippen LogP contribution in [0.1, 0.15) is 48.1 Å². The third-order valence-corrected chi connectivity index (χ3v) is 5.54. The number of piperidine rings is 1. The quantitative estimate of drug-likeness (QED) is 0.753. The number of hydrogen-bond acceptors (Lipinski definition) is 4. The number of aromatic amines is 1. The maximum Gasteiger partial charge on any atom is 0.134 e. The van der Waals surface area contributed by atoms with Crippen LogP contribution in [0.2, 0.25) is 0 Å². The Hall–Kier alpha value is -2.40. The van der Waals surface area contributed by atoms with Crippen LogP contribution in [0.25, 0.3) is 10.9 Å². The van der Waals surface area contributed by atoms with Crippen molar-refractivity contribution in [3.8, 4) is 0 Å². The minimum absolute atomic E-state index is 0.0116. The number of nitrogens with one attached hydrogen (secondary N) is 1. The topological polar surface area (TPSA) is 65.0 Å². The molecule has 26 heavy (non-hydrogen) atoms. The molecular formula is C21H26N4O. The van der Waals surface area contributed by atoms with Crippen LogP contribution in [0.3, 0.4) is 0 Å². The highest BCUT2D eigenvalue weighted by Gasteiger charge is 2.26. The molecule has 0 unspecified atom stereocenters. The third-order valence-electron chi connectivity index (χ3n) is 5.54. The minimum atomic E-state index is 0.0116. The Labute approximate surface area is 154 Å². The van der Waals surface area contributed by atoms with Gasteiger partial charge in [0.25, 0.3) is 0 Å². The Morgan fingerprint density at radius 2 is 2.19 bits per heavy atom. The zero-order chi connectivity index (χ0) is 18.1. The number of fused-ring (bicyclic) bond motifs is 1. The van der Waals surface area contributed by atoms with E-state index in [9.17, 15) is 5.11 Å². The van der Waals surface area contributed by atoms with Crippen molar-refractivity contribution in [2.24, 2.45) is 0 Å². The highest BCUT2D eigenvalue weighted by molar-refractivity contribution is 5.84. The Balaban J connectivity index is 1.71. The monoisotopic (exact) mass is 350 g/mol. The molecule has 5 nitrogen and oxygen atoms in total. The number of nitrogens with zero attached hydrogens (tertiary/aromatic N) is 3. The van der Waals surface area contributed by atoms with Crippen LogP contribution < -0.4 is 4.90 Å². The van der Waals surface area contributed by atoms with Gasteiger partial charge in [0.15, 0.2) is 0 Å². The number of H-pyrrole nitrogens is 1. The van der Waals surface area contributed by atoms with E-state index in [1.54, 1.807) is 0 Å².